The average Bonchev–Trinajstić information content (AvgIpc) is 2.80. The Bertz CT molecular complexity index is 1150. The van der Waals surface area contributed by atoms with Crippen LogP contribution in [0, 0.1) is 5.92 Å². The molecule has 0 saturated carbocycles. The Kier molecular flexibility index (Phi) is 4.50. The SMILES string of the molecule is O=c1ccc(-c2ccc3ccccc3c2)c2n1CC1CC2CN(C2CCOCC2)C1. The fraction of sp³-hybridized carbons (Fsp3) is 0.423. The van der Waals surface area contributed by atoms with E-state index < -0.39 is 0 Å². The predicted molar refractivity (Wildman–Crippen MR) is 120 cm³/mol. The summed E-state index contributed by atoms with van der Waals surface area (Å²) in [6.07, 6.45) is 3.47. The van der Waals surface area contributed by atoms with Crippen molar-refractivity contribution in [2.45, 2.75) is 37.8 Å². The van der Waals surface area contributed by atoms with Gasteiger partial charge in [-0.3, -0.25) is 9.69 Å². The number of aromatic nitrogens is 1. The fourth-order valence-electron chi connectivity index (χ4n) is 6.00. The maximum atomic E-state index is 12.8. The second-order valence-electron chi connectivity index (χ2n) is 9.24. The van der Waals surface area contributed by atoms with Gasteiger partial charge in [-0.2, -0.15) is 0 Å². The molecule has 4 heterocycles. The summed E-state index contributed by atoms with van der Waals surface area (Å²) in [5.74, 6) is 0.999. The van der Waals surface area contributed by atoms with Crippen molar-refractivity contribution in [3.8, 4) is 11.1 Å². The molecular weight excluding hydrogens is 372 g/mol. The summed E-state index contributed by atoms with van der Waals surface area (Å²) in [6, 6.07) is 19.7. The maximum Gasteiger partial charge on any atom is 0.250 e. The van der Waals surface area contributed by atoms with Gasteiger partial charge in [0.15, 0.2) is 0 Å². The molecule has 4 nitrogen and oxygen atoms in total. The monoisotopic (exact) mass is 400 g/mol. The van der Waals surface area contributed by atoms with E-state index in [0.29, 0.717) is 17.9 Å². The van der Waals surface area contributed by atoms with Crippen LogP contribution in [0.5, 0.6) is 0 Å². The molecule has 6 rings (SSSR count). The van der Waals surface area contributed by atoms with Crippen LogP contribution in [0.2, 0.25) is 0 Å². The summed E-state index contributed by atoms with van der Waals surface area (Å²) in [5.41, 5.74) is 3.87. The van der Waals surface area contributed by atoms with Crippen LogP contribution in [0.3, 0.4) is 0 Å². The van der Waals surface area contributed by atoms with Gasteiger partial charge >= 0.3 is 0 Å². The van der Waals surface area contributed by atoms with E-state index in [-0.39, 0.29) is 5.56 Å². The van der Waals surface area contributed by atoms with Crippen molar-refractivity contribution in [2.24, 2.45) is 5.92 Å². The van der Waals surface area contributed by atoms with Crippen LogP contribution in [0.25, 0.3) is 21.9 Å². The number of hydrogen-bond donors (Lipinski definition) is 0. The molecule has 2 fully saturated rings. The van der Waals surface area contributed by atoms with Gasteiger partial charge in [-0.15, -0.1) is 0 Å². The van der Waals surface area contributed by atoms with E-state index in [0.717, 1.165) is 45.7 Å². The zero-order valence-corrected chi connectivity index (χ0v) is 17.3. The molecule has 3 aliphatic heterocycles. The number of hydrogen-bond acceptors (Lipinski definition) is 3. The molecule has 2 atom stereocenters. The van der Waals surface area contributed by atoms with E-state index in [1.807, 2.05) is 0 Å². The molecule has 0 N–H and O–H groups in total. The van der Waals surface area contributed by atoms with Crippen molar-refractivity contribution in [1.82, 2.24) is 9.47 Å². The lowest BCUT2D eigenvalue weighted by Gasteiger charge is -2.47. The van der Waals surface area contributed by atoms with Gasteiger partial charge in [-0.25, -0.2) is 0 Å². The topological polar surface area (TPSA) is 34.5 Å². The minimum Gasteiger partial charge on any atom is -0.381 e. The Morgan fingerprint density at radius 1 is 0.867 bits per heavy atom. The molecule has 3 aliphatic rings. The molecule has 2 aromatic carbocycles. The first-order valence-corrected chi connectivity index (χ1v) is 11.3. The number of nitrogens with zero attached hydrogens (tertiary/aromatic N) is 2. The first-order valence-electron chi connectivity index (χ1n) is 11.3. The van der Waals surface area contributed by atoms with Crippen molar-refractivity contribution >= 4 is 10.8 Å². The summed E-state index contributed by atoms with van der Waals surface area (Å²) in [6.45, 7) is 4.80. The van der Waals surface area contributed by atoms with E-state index in [4.69, 9.17) is 4.74 Å². The van der Waals surface area contributed by atoms with Gasteiger partial charge in [0.25, 0.3) is 5.56 Å². The molecule has 2 unspecified atom stereocenters. The molecule has 154 valence electrons. The molecule has 2 saturated heterocycles. The van der Waals surface area contributed by atoms with Gasteiger partial charge in [-0.1, -0.05) is 36.4 Å². The van der Waals surface area contributed by atoms with E-state index in [1.54, 1.807) is 6.07 Å². The number of benzene rings is 2. The van der Waals surface area contributed by atoms with Gasteiger partial charge < -0.3 is 9.30 Å². The minimum absolute atomic E-state index is 0.156. The largest absolute Gasteiger partial charge is 0.381 e. The predicted octanol–water partition coefficient (Wildman–Crippen LogP) is 4.27. The maximum absolute atomic E-state index is 12.8. The Morgan fingerprint density at radius 2 is 1.70 bits per heavy atom. The minimum atomic E-state index is 0.156. The quantitative estimate of drug-likeness (QED) is 0.644. The van der Waals surface area contributed by atoms with Crippen molar-refractivity contribution in [2.75, 3.05) is 26.3 Å². The van der Waals surface area contributed by atoms with Crippen LogP contribution in [-0.4, -0.2) is 41.8 Å². The average molecular weight is 401 g/mol. The highest BCUT2D eigenvalue weighted by atomic mass is 16.5. The molecule has 1 aromatic heterocycles. The van der Waals surface area contributed by atoms with E-state index in [1.165, 1.54) is 34.0 Å². The van der Waals surface area contributed by atoms with Crippen molar-refractivity contribution in [3.05, 3.63) is 70.6 Å². The van der Waals surface area contributed by atoms with Crippen molar-refractivity contribution in [3.63, 3.8) is 0 Å². The van der Waals surface area contributed by atoms with Crippen molar-refractivity contribution < 1.29 is 4.74 Å². The molecule has 3 aromatic rings. The Balaban J connectivity index is 1.42. The van der Waals surface area contributed by atoms with Gasteiger partial charge in [0, 0.05) is 62.1 Å². The first-order chi connectivity index (χ1) is 14.8. The summed E-state index contributed by atoms with van der Waals surface area (Å²) in [4.78, 5) is 15.5. The summed E-state index contributed by atoms with van der Waals surface area (Å²) in [7, 11) is 0. The molecule has 0 radical (unpaired) electrons. The fourth-order valence-corrected chi connectivity index (χ4v) is 6.00. The number of piperidine rings is 1. The van der Waals surface area contributed by atoms with E-state index >= 15 is 0 Å². The Labute approximate surface area is 177 Å². The highest BCUT2D eigenvalue weighted by molar-refractivity contribution is 5.87. The van der Waals surface area contributed by atoms with E-state index in [9.17, 15) is 4.79 Å². The molecule has 4 heteroatoms. The number of pyridine rings is 1. The Morgan fingerprint density at radius 3 is 2.57 bits per heavy atom. The highest BCUT2D eigenvalue weighted by Gasteiger charge is 2.38. The third kappa shape index (κ3) is 3.10. The van der Waals surface area contributed by atoms with Crippen LogP contribution in [0.4, 0.5) is 0 Å². The lowest BCUT2D eigenvalue weighted by molar-refractivity contribution is 0.00597. The second-order valence-corrected chi connectivity index (χ2v) is 9.24. The van der Waals surface area contributed by atoms with Crippen LogP contribution < -0.4 is 5.56 Å². The van der Waals surface area contributed by atoms with Crippen LogP contribution in [0.15, 0.2) is 59.4 Å². The third-order valence-corrected chi connectivity index (χ3v) is 7.39. The lowest BCUT2D eigenvalue weighted by Crippen LogP contribution is -2.51. The van der Waals surface area contributed by atoms with Crippen molar-refractivity contribution in [1.29, 1.82) is 0 Å². The molecule has 0 aliphatic carbocycles. The standard InChI is InChI=1S/C26H28N2O2/c29-25-8-7-24(21-6-5-19-3-1-2-4-20(19)14-21)26-22-13-18(16-28(25)26)15-27(17-22)23-9-11-30-12-10-23/h1-8,14,18,22-23H,9-13,15-17H2. The number of rotatable bonds is 2. The summed E-state index contributed by atoms with van der Waals surface area (Å²) >= 11 is 0. The lowest BCUT2D eigenvalue weighted by atomic mass is 9.79. The summed E-state index contributed by atoms with van der Waals surface area (Å²) in [5, 5.41) is 2.51. The van der Waals surface area contributed by atoms with Crippen LogP contribution >= 0.6 is 0 Å². The molecule has 0 amide bonds. The zero-order valence-electron chi connectivity index (χ0n) is 17.3. The second kappa shape index (κ2) is 7.36. The molecule has 30 heavy (non-hydrogen) atoms. The Hall–Kier alpha value is -2.43. The molecule has 0 spiro atoms. The summed E-state index contributed by atoms with van der Waals surface area (Å²) < 4.78 is 7.68. The number of fused-ring (bicyclic) bond motifs is 5. The van der Waals surface area contributed by atoms with Gasteiger partial charge in [0.2, 0.25) is 0 Å². The van der Waals surface area contributed by atoms with Gasteiger partial charge in [0.1, 0.15) is 0 Å². The smallest absolute Gasteiger partial charge is 0.250 e. The van der Waals surface area contributed by atoms with E-state index in [2.05, 4.69) is 58.0 Å². The highest BCUT2D eigenvalue weighted by Crippen LogP contribution is 2.41. The van der Waals surface area contributed by atoms with Gasteiger partial charge in [-0.05, 0) is 53.6 Å². The van der Waals surface area contributed by atoms with Crippen LogP contribution in [-0.2, 0) is 11.3 Å². The normalized spacial score (nSPS) is 24.7. The third-order valence-electron chi connectivity index (χ3n) is 7.39. The number of likely N-dealkylation sites (tertiary alicyclic amines) is 1. The van der Waals surface area contributed by atoms with Gasteiger partial charge in [0.05, 0.1) is 0 Å². The first kappa shape index (κ1) is 18.3. The molecular formula is C26H28N2O2. The zero-order chi connectivity index (χ0) is 20.1. The van der Waals surface area contributed by atoms with Crippen LogP contribution in [0.1, 0.15) is 30.9 Å². The molecule has 2 bridgehead atoms. The number of ether oxygens (including phenoxy) is 1.